The molecule has 10 nitrogen and oxygen atoms in total. The second-order valence-corrected chi connectivity index (χ2v) is 8.18. The molecule has 1 aromatic heterocycles. The maximum atomic E-state index is 12.5. The van der Waals surface area contributed by atoms with E-state index in [1.165, 1.54) is 43.6 Å². The number of nitrogens with one attached hydrogen (secondary N) is 1. The number of carbonyl (C=O) groups excluding carboxylic acids is 4. The first-order valence-electron chi connectivity index (χ1n) is 9.09. The molecule has 0 saturated carbocycles. The Morgan fingerprint density at radius 3 is 2.72 bits per heavy atom. The van der Waals surface area contributed by atoms with Crippen LogP contribution < -0.4 is 5.32 Å². The molecule has 3 rings (SSSR count). The number of esters is 1. The van der Waals surface area contributed by atoms with Crippen molar-refractivity contribution in [2.24, 2.45) is 0 Å². The molecule has 0 radical (unpaired) electrons. The van der Waals surface area contributed by atoms with Gasteiger partial charge in [0, 0.05) is 19.7 Å². The zero-order valence-corrected chi connectivity index (χ0v) is 18.1. The summed E-state index contributed by atoms with van der Waals surface area (Å²) >= 11 is 6.92. The summed E-state index contributed by atoms with van der Waals surface area (Å²) in [5.41, 5.74) is 0.00841. The van der Waals surface area contributed by atoms with Crippen LogP contribution in [0, 0.1) is 0 Å². The fraction of sp³-hybridized carbons (Fsp3) is 0.200. The first kappa shape index (κ1) is 23.2. The quantitative estimate of drug-likeness (QED) is 0.452. The molecule has 0 aliphatic carbocycles. The number of thioether (sulfide) groups is 1. The standard InChI is InChI=1S/C20H16ClN3O7S/c1-24-16(26)8-14(18(24)27)32-17-11(3-2-6-22-17)20(30)31-9-15(25)23-13-7-10(19(28)29)4-5-12(13)21/h2-7,14H,8-9H2,1H3,(H,23,25)(H,28,29). The van der Waals surface area contributed by atoms with E-state index in [4.69, 9.17) is 21.4 Å². The molecule has 32 heavy (non-hydrogen) atoms. The van der Waals surface area contributed by atoms with Crippen LogP contribution in [0.3, 0.4) is 0 Å². The molecule has 166 valence electrons. The Kier molecular flexibility index (Phi) is 7.11. The lowest BCUT2D eigenvalue weighted by atomic mass is 10.2. The average molecular weight is 478 g/mol. The fourth-order valence-electron chi connectivity index (χ4n) is 2.74. The van der Waals surface area contributed by atoms with Crippen molar-refractivity contribution in [2.45, 2.75) is 16.7 Å². The molecule has 1 aliphatic heterocycles. The highest BCUT2D eigenvalue weighted by Gasteiger charge is 2.37. The topological polar surface area (TPSA) is 143 Å². The molecule has 0 bridgehead atoms. The number of carboxylic acid groups (broad SMARTS) is 1. The van der Waals surface area contributed by atoms with Crippen molar-refractivity contribution < 1.29 is 33.8 Å². The van der Waals surface area contributed by atoms with E-state index in [0.717, 1.165) is 16.7 Å². The number of ether oxygens (including phenoxy) is 1. The second-order valence-electron chi connectivity index (χ2n) is 6.58. The van der Waals surface area contributed by atoms with E-state index in [-0.39, 0.29) is 45.1 Å². The minimum Gasteiger partial charge on any atom is -0.478 e. The lowest BCUT2D eigenvalue weighted by Crippen LogP contribution is -2.26. The van der Waals surface area contributed by atoms with E-state index < -0.39 is 29.7 Å². The Morgan fingerprint density at radius 2 is 2.06 bits per heavy atom. The van der Waals surface area contributed by atoms with Crippen molar-refractivity contribution in [3.63, 3.8) is 0 Å². The van der Waals surface area contributed by atoms with Gasteiger partial charge in [-0.15, -0.1) is 0 Å². The fourth-order valence-corrected chi connectivity index (χ4v) is 4.06. The molecule has 12 heteroatoms. The molecular weight excluding hydrogens is 462 g/mol. The van der Waals surface area contributed by atoms with Crippen LogP contribution in [0.2, 0.25) is 5.02 Å². The number of carboxylic acids is 1. The summed E-state index contributed by atoms with van der Waals surface area (Å²) in [7, 11) is 1.38. The monoisotopic (exact) mass is 477 g/mol. The Morgan fingerprint density at radius 1 is 1.31 bits per heavy atom. The Hall–Kier alpha value is -3.44. The highest BCUT2D eigenvalue weighted by atomic mass is 35.5. The van der Waals surface area contributed by atoms with Gasteiger partial charge < -0.3 is 15.2 Å². The number of carbonyl (C=O) groups is 5. The summed E-state index contributed by atoms with van der Waals surface area (Å²) in [5.74, 6) is -3.50. The van der Waals surface area contributed by atoms with Crippen LogP contribution >= 0.6 is 23.4 Å². The summed E-state index contributed by atoms with van der Waals surface area (Å²) in [6.45, 7) is -0.672. The summed E-state index contributed by atoms with van der Waals surface area (Å²) in [5, 5.41) is 11.0. The maximum absolute atomic E-state index is 12.5. The minimum atomic E-state index is -1.20. The van der Waals surface area contributed by atoms with Gasteiger partial charge in [0.05, 0.1) is 27.1 Å². The number of aromatic nitrogens is 1. The van der Waals surface area contributed by atoms with Gasteiger partial charge in [0.1, 0.15) is 5.03 Å². The predicted molar refractivity (Wildman–Crippen MR) is 114 cm³/mol. The van der Waals surface area contributed by atoms with Crippen molar-refractivity contribution >= 4 is 58.7 Å². The molecule has 3 amide bonds. The van der Waals surface area contributed by atoms with Crippen LogP contribution in [0.1, 0.15) is 27.1 Å². The molecule has 2 heterocycles. The van der Waals surface area contributed by atoms with Gasteiger partial charge in [0.15, 0.2) is 6.61 Å². The predicted octanol–water partition coefficient (Wildman–Crippen LogP) is 2.08. The number of pyridine rings is 1. The van der Waals surface area contributed by atoms with Crippen molar-refractivity contribution in [3.8, 4) is 0 Å². The van der Waals surface area contributed by atoms with Crippen molar-refractivity contribution in [3.05, 3.63) is 52.7 Å². The van der Waals surface area contributed by atoms with Crippen LogP contribution in [0.15, 0.2) is 41.6 Å². The van der Waals surface area contributed by atoms with Crippen LogP contribution in [-0.4, -0.2) is 63.6 Å². The maximum Gasteiger partial charge on any atom is 0.341 e. The smallest absolute Gasteiger partial charge is 0.341 e. The first-order chi connectivity index (χ1) is 15.2. The average Bonchev–Trinajstić information content (AvgIpc) is 3.00. The molecule has 1 atom stereocenters. The van der Waals surface area contributed by atoms with Crippen molar-refractivity contribution in [1.29, 1.82) is 0 Å². The minimum absolute atomic E-state index is 0.0103. The van der Waals surface area contributed by atoms with Gasteiger partial charge in [0.25, 0.3) is 5.91 Å². The molecule has 2 aromatic rings. The van der Waals surface area contributed by atoms with Gasteiger partial charge in [-0.1, -0.05) is 23.4 Å². The SMILES string of the molecule is CN1C(=O)CC(Sc2ncccc2C(=O)OCC(=O)Nc2cc(C(=O)O)ccc2Cl)C1=O. The van der Waals surface area contributed by atoms with E-state index >= 15 is 0 Å². The van der Waals surface area contributed by atoms with Gasteiger partial charge in [-0.25, -0.2) is 14.6 Å². The zero-order valence-electron chi connectivity index (χ0n) is 16.5. The summed E-state index contributed by atoms with van der Waals surface area (Å²) in [6.07, 6.45) is 1.41. The van der Waals surface area contributed by atoms with Crippen LogP contribution in [0.5, 0.6) is 0 Å². The zero-order chi connectivity index (χ0) is 23.4. The third-order valence-electron chi connectivity index (χ3n) is 4.41. The van der Waals surface area contributed by atoms with Gasteiger partial charge in [0.2, 0.25) is 11.8 Å². The highest BCUT2D eigenvalue weighted by molar-refractivity contribution is 8.00. The van der Waals surface area contributed by atoms with Gasteiger partial charge in [-0.3, -0.25) is 19.3 Å². The lowest BCUT2D eigenvalue weighted by Gasteiger charge is -2.12. The molecule has 1 aliphatic rings. The van der Waals surface area contributed by atoms with E-state index in [0.29, 0.717) is 0 Å². The van der Waals surface area contributed by atoms with E-state index in [1.54, 1.807) is 0 Å². The summed E-state index contributed by atoms with van der Waals surface area (Å²) < 4.78 is 5.03. The van der Waals surface area contributed by atoms with Crippen molar-refractivity contribution in [2.75, 3.05) is 19.0 Å². The largest absolute Gasteiger partial charge is 0.478 e. The molecule has 2 N–H and O–H groups in total. The van der Waals surface area contributed by atoms with E-state index in [2.05, 4.69) is 10.3 Å². The number of imide groups is 1. The summed E-state index contributed by atoms with van der Waals surface area (Å²) in [4.78, 5) is 64.6. The van der Waals surface area contributed by atoms with Crippen LogP contribution in [0.4, 0.5) is 5.69 Å². The molecular formula is C20H16ClN3O7S. The highest BCUT2D eigenvalue weighted by Crippen LogP contribution is 2.32. The number of likely N-dealkylation sites (tertiary alicyclic amines) is 1. The number of anilines is 1. The summed E-state index contributed by atoms with van der Waals surface area (Å²) in [6, 6.07) is 6.69. The second kappa shape index (κ2) is 9.79. The Balaban J connectivity index is 1.64. The molecule has 1 unspecified atom stereocenters. The first-order valence-corrected chi connectivity index (χ1v) is 10.3. The van der Waals surface area contributed by atoms with Gasteiger partial charge in [-0.05, 0) is 30.3 Å². The van der Waals surface area contributed by atoms with Gasteiger partial charge >= 0.3 is 11.9 Å². The molecule has 1 saturated heterocycles. The van der Waals surface area contributed by atoms with Crippen LogP contribution in [0.25, 0.3) is 0 Å². The number of rotatable bonds is 7. The molecule has 0 spiro atoms. The number of benzene rings is 1. The Bertz CT molecular complexity index is 1120. The number of amides is 3. The number of hydrogen-bond acceptors (Lipinski definition) is 8. The van der Waals surface area contributed by atoms with Crippen LogP contribution in [-0.2, 0) is 19.1 Å². The number of halogens is 1. The third kappa shape index (κ3) is 5.24. The van der Waals surface area contributed by atoms with E-state index in [1.807, 2.05) is 0 Å². The Labute approximate surface area is 190 Å². The number of aromatic carboxylic acids is 1. The van der Waals surface area contributed by atoms with Gasteiger partial charge in [-0.2, -0.15) is 0 Å². The third-order valence-corrected chi connectivity index (χ3v) is 5.94. The lowest BCUT2D eigenvalue weighted by molar-refractivity contribution is -0.136. The number of nitrogens with zero attached hydrogens (tertiary/aromatic N) is 2. The number of hydrogen-bond donors (Lipinski definition) is 2. The normalized spacial score (nSPS) is 15.6. The van der Waals surface area contributed by atoms with E-state index in [9.17, 15) is 24.0 Å². The molecule has 1 fully saturated rings. The molecule has 1 aromatic carbocycles. The van der Waals surface area contributed by atoms with Crippen molar-refractivity contribution in [1.82, 2.24) is 9.88 Å².